The zero-order chi connectivity index (χ0) is 18.1. The Kier molecular flexibility index (Phi) is 9.93. The Morgan fingerprint density at radius 1 is 1.19 bits per heavy atom. The van der Waals surface area contributed by atoms with E-state index in [2.05, 4.69) is 15.6 Å². The lowest BCUT2D eigenvalue weighted by atomic mass is 10.1. The summed E-state index contributed by atoms with van der Waals surface area (Å²) in [5.74, 6) is 0.516. The van der Waals surface area contributed by atoms with Crippen molar-refractivity contribution in [3.63, 3.8) is 0 Å². The molecule has 2 N–H and O–H groups in total. The number of hydrogen-bond donors (Lipinski definition) is 2. The van der Waals surface area contributed by atoms with Gasteiger partial charge in [0.1, 0.15) is 5.82 Å². The average molecular weight is 472 g/mol. The van der Waals surface area contributed by atoms with Crippen molar-refractivity contribution in [1.82, 2.24) is 15.2 Å². The van der Waals surface area contributed by atoms with Crippen LogP contribution in [-0.2, 0) is 13.1 Å². The third-order valence-electron chi connectivity index (χ3n) is 3.92. The van der Waals surface area contributed by atoms with Crippen molar-refractivity contribution in [2.45, 2.75) is 32.9 Å². The van der Waals surface area contributed by atoms with Gasteiger partial charge >= 0.3 is 0 Å². The molecule has 26 heavy (non-hydrogen) atoms. The number of benzene rings is 1. The van der Waals surface area contributed by atoms with Gasteiger partial charge in [0.15, 0.2) is 5.96 Å². The van der Waals surface area contributed by atoms with Crippen LogP contribution in [0.4, 0.5) is 4.39 Å². The third-order valence-corrected chi connectivity index (χ3v) is 3.92. The predicted octanol–water partition coefficient (Wildman–Crippen LogP) is 3.06. The van der Waals surface area contributed by atoms with Gasteiger partial charge < -0.3 is 15.2 Å². The predicted molar refractivity (Wildman–Crippen MR) is 115 cm³/mol. The number of aromatic nitrogens is 1. The van der Waals surface area contributed by atoms with E-state index in [9.17, 15) is 9.18 Å². The SMILES string of the molecule is CN=C(NCCCCn1ccccc1=O)NCc1ccc(F)c(C)c1.I. The molecular weight excluding hydrogens is 446 g/mol. The molecule has 0 unspecified atom stereocenters. The molecule has 0 fully saturated rings. The van der Waals surface area contributed by atoms with Gasteiger partial charge in [0.25, 0.3) is 0 Å². The molecule has 1 aromatic carbocycles. The van der Waals surface area contributed by atoms with Gasteiger partial charge in [-0.05, 0) is 43.0 Å². The van der Waals surface area contributed by atoms with E-state index in [-0.39, 0.29) is 35.4 Å². The van der Waals surface area contributed by atoms with Crippen LogP contribution < -0.4 is 16.2 Å². The minimum Gasteiger partial charge on any atom is -0.356 e. The molecule has 7 heteroatoms. The van der Waals surface area contributed by atoms with Crippen molar-refractivity contribution in [3.8, 4) is 0 Å². The number of halogens is 2. The molecule has 5 nitrogen and oxygen atoms in total. The molecule has 0 aliphatic carbocycles. The summed E-state index contributed by atoms with van der Waals surface area (Å²) in [5, 5.41) is 6.46. The minimum absolute atomic E-state index is 0. The van der Waals surface area contributed by atoms with Gasteiger partial charge in [-0.15, -0.1) is 24.0 Å². The van der Waals surface area contributed by atoms with E-state index in [1.165, 1.54) is 6.07 Å². The van der Waals surface area contributed by atoms with E-state index in [1.807, 2.05) is 12.1 Å². The van der Waals surface area contributed by atoms with Crippen molar-refractivity contribution in [2.75, 3.05) is 13.6 Å². The van der Waals surface area contributed by atoms with Gasteiger partial charge in [-0.1, -0.05) is 18.2 Å². The molecule has 1 aromatic heterocycles. The summed E-state index contributed by atoms with van der Waals surface area (Å²) in [6.07, 6.45) is 3.64. The van der Waals surface area contributed by atoms with Crippen LogP contribution in [0, 0.1) is 12.7 Å². The smallest absolute Gasteiger partial charge is 0.250 e. The Morgan fingerprint density at radius 3 is 2.69 bits per heavy atom. The lowest BCUT2D eigenvalue weighted by molar-refractivity contribution is 0.585. The number of unbranched alkanes of at least 4 members (excludes halogenated alkanes) is 1. The highest BCUT2D eigenvalue weighted by molar-refractivity contribution is 14.0. The number of pyridine rings is 1. The van der Waals surface area contributed by atoms with Gasteiger partial charge in [0, 0.05) is 38.9 Å². The monoisotopic (exact) mass is 472 g/mol. The highest BCUT2D eigenvalue weighted by Gasteiger charge is 2.01. The van der Waals surface area contributed by atoms with E-state index < -0.39 is 0 Å². The first-order valence-corrected chi connectivity index (χ1v) is 8.45. The van der Waals surface area contributed by atoms with Crippen LogP contribution >= 0.6 is 24.0 Å². The molecule has 1 heterocycles. The molecule has 0 atom stereocenters. The Bertz CT molecular complexity index is 776. The summed E-state index contributed by atoms with van der Waals surface area (Å²) < 4.78 is 15.0. The highest BCUT2D eigenvalue weighted by Crippen LogP contribution is 2.08. The quantitative estimate of drug-likeness (QED) is 0.282. The first kappa shape index (κ1) is 22.1. The largest absolute Gasteiger partial charge is 0.356 e. The second-order valence-corrected chi connectivity index (χ2v) is 5.88. The number of nitrogens with one attached hydrogen (secondary N) is 2. The molecule has 0 amide bonds. The van der Waals surface area contributed by atoms with Crippen LogP contribution in [0.25, 0.3) is 0 Å². The molecule has 0 saturated carbocycles. The number of aryl methyl sites for hydroxylation is 2. The van der Waals surface area contributed by atoms with Gasteiger partial charge in [0.2, 0.25) is 5.56 Å². The zero-order valence-electron chi connectivity index (χ0n) is 15.2. The fourth-order valence-electron chi connectivity index (χ4n) is 2.48. The standard InChI is InChI=1S/C19H25FN4O.HI/c1-15-13-16(8-9-17(15)20)14-23-19(21-2)22-10-4-6-12-24-11-5-3-7-18(24)25;/h3,5,7-9,11,13H,4,6,10,12,14H2,1-2H3,(H2,21,22,23);1H. The highest BCUT2D eigenvalue weighted by atomic mass is 127. The van der Waals surface area contributed by atoms with Crippen molar-refractivity contribution >= 4 is 29.9 Å². The zero-order valence-corrected chi connectivity index (χ0v) is 17.5. The number of nitrogens with zero attached hydrogens (tertiary/aromatic N) is 2. The van der Waals surface area contributed by atoms with E-state index in [0.29, 0.717) is 24.6 Å². The van der Waals surface area contributed by atoms with E-state index >= 15 is 0 Å². The molecule has 0 aliphatic heterocycles. The summed E-state index contributed by atoms with van der Waals surface area (Å²) in [5.41, 5.74) is 1.67. The van der Waals surface area contributed by atoms with Gasteiger partial charge in [-0.25, -0.2) is 4.39 Å². The molecule has 0 radical (unpaired) electrons. The van der Waals surface area contributed by atoms with Gasteiger partial charge in [-0.2, -0.15) is 0 Å². The lowest BCUT2D eigenvalue weighted by Crippen LogP contribution is -2.37. The van der Waals surface area contributed by atoms with Gasteiger partial charge in [0.05, 0.1) is 0 Å². The van der Waals surface area contributed by atoms with Crippen LogP contribution in [0.1, 0.15) is 24.0 Å². The first-order chi connectivity index (χ1) is 12.1. The van der Waals surface area contributed by atoms with Gasteiger partial charge in [-0.3, -0.25) is 9.79 Å². The Balaban J connectivity index is 0.00000338. The van der Waals surface area contributed by atoms with E-state index in [1.54, 1.807) is 42.9 Å². The van der Waals surface area contributed by atoms with Crippen molar-refractivity contribution < 1.29 is 4.39 Å². The molecule has 0 bridgehead atoms. The topological polar surface area (TPSA) is 58.4 Å². The van der Waals surface area contributed by atoms with Crippen LogP contribution in [-0.4, -0.2) is 24.1 Å². The number of hydrogen-bond acceptors (Lipinski definition) is 2. The maximum absolute atomic E-state index is 13.3. The molecule has 2 rings (SSSR count). The number of rotatable bonds is 7. The lowest BCUT2D eigenvalue weighted by Gasteiger charge is -2.12. The fourth-order valence-corrected chi connectivity index (χ4v) is 2.48. The number of guanidine groups is 1. The normalized spacial score (nSPS) is 11.0. The van der Waals surface area contributed by atoms with Crippen LogP contribution in [0.15, 0.2) is 52.4 Å². The second kappa shape index (κ2) is 11.7. The van der Waals surface area contributed by atoms with Crippen LogP contribution in [0.5, 0.6) is 0 Å². The maximum atomic E-state index is 13.3. The second-order valence-electron chi connectivity index (χ2n) is 5.88. The summed E-state index contributed by atoms with van der Waals surface area (Å²) in [4.78, 5) is 15.8. The molecule has 2 aromatic rings. The fraction of sp³-hybridized carbons (Fsp3) is 0.368. The van der Waals surface area contributed by atoms with Crippen molar-refractivity contribution in [2.24, 2.45) is 4.99 Å². The number of aliphatic imine (C=N–C) groups is 1. The maximum Gasteiger partial charge on any atom is 0.250 e. The Labute approximate surface area is 170 Å². The summed E-state index contributed by atoms with van der Waals surface area (Å²) in [6, 6.07) is 10.3. The average Bonchev–Trinajstić information content (AvgIpc) is 2.61. The van der Waals surface area contributed by atoms with E-state index in [0.717, 1.165) is 24.9 Å². The summed E-state index contributed by atoms with van der Waals surface area (Å²) in [6.45, 7) is 3.82. The Hall–Kier alpha value is -1.90. The van der Waals surface area contributed by atoms with Crippen molar-refractivity contribution in [1.29, 1.82) is 0 Å². The Morgan fingerprint density at radius 2 is 2.00 bits per heavy atom. The van der Waals surface area contributed by atoms with E-state index in [4.69, 9.17) is 0 Å². The molecule has 0 aliphatic rings. The summed E-state index contributed by atoms with van der Waals surface area (Å²) >= 11 is 0. The summed E-state index contributed by atoms with van der Waals surface area (Å²) in [7, 11) is 1.72. The first-order valence-electron chi connectivity index (χ1n) is 8.45. The molecule has 142 valence electrons. The third kappa shape index (κ3) is 7.15. The molecular formula is C19H26FIN4O. The minimum atomic E-state index is -0.191. The molecule has 0 saturated heterocycles. The molecule has 0 spiro atoms. The van der Waals surface area contributed by atoms with Crippen LogP contribution in [0.2, 0.25) is 0 Å². The van der Waals surface area contributed by atoms with Crippen LogP contribution in [0.3, 0.4) is 0 Å². The van der Waals surface area contributed by atoms with Crippen molar-refractivity contribution in [3.05, 3.63) is 69.9 Å².